The summed E-state index contributed by atoms with van der Waals surface area (Å²) < 4.78 is 59.2. The lowest BCUT2D eigenvalue weighted by molar-refractivity contribution is -0.141. The van der Waals surface area contributed by atoms with Gasteiger partial charge in [0, 0.05) is 57.8 Å². The number of nitrogens with one attached hydrogen (secondary N) is 8. The molecule has 0 aliphatic carbocycles. The molecule has 0 aromatic heterocycles. The number of hydrogen-bond acceptors (Lipinski definition) is 23. The number of anilines is 1. The number of aromatic hydroxyl groups is 1. The topological polar surface area (TPSA) is 429 Å². The fourth-order valence-electron chi connectivity index (χ4n) is 8.22. The molecule has 0 fully saturated rings. The van der Waals surface area contributed by atoms with Crippen LogP contribution in [-0.2, 0) is 106 Å². The fraction of sp³-hybridized carbons (Fsp3) is 0.694. The Morgan fingerprint density at radius 1 is 0.537 bits per heavy atom. The molecule has 1 aliphatic rings. The molecule has 33 heteroatoms. The molecular formula is C62H101N9O24. The second-order valence-corrected chi connectivity index (χ2v) is 22.3. The van der Waals surface area contributed by atoms with Crippen molar-refractivity contribution in [3.05, 3.63) is 35.9 Å². The summed E-state index contributed by atoms with van der Waals surface area (Å²) in [7, 11) is 1.62. The molecule has 1 aliphatic heterocycles. The molecule has 0 saturated heterocycles. The first-order valence-corrected chi connectivity index (χ1v) is 31.8. The minimum atomic E-state index is -1.07. The number of nitrogens with zero attached hydrogens (tertiary/aromatic N) is 1. The first kappa shape index (κ1) is 83.6. The van der Waals surface area contributed by atoms with E-state index in [1.165, 1.54) is 25.1 Å². The van der Waals surface area contributed by atoms with Gasteiger partial charge >= 0.3 is 12.1 Å². The third-order valence-corrected chi connectivity index (χ3v) is 13.0. The average Bonchev–Trinajstić information content (AvgIpc) is 1.59. The minimum absolute atomic E-state index is 0.00727. The third kappa shape index (κ3) is 44.8. The smallest absolute Gasteiger partial charge is 0.407 e. The molecule has 95 heavy (non-hydrogen) atoms. The average molecular weight is 1360 g/mol. The van der Waals surface area contributed by atoms with E-state index in [9.17, 15) is 63.0 Å². The van der Waals surface area contributed by atoms with Crippen molar-refractivity contribution in [1.29, 1.82) is 0 Å². The highest BCUT2D eigenvalue weighted by Crippen LogP contribution is 2.26. The van der Waals surface area contributed by atoms with Crippen LogP contribution in [0.5, 0.6) is 5.75 Å². The summed E-state index contributed by atoms with van der Waals surface area (Å²) in [5, 5.41) is 40.2. The Bertz CT molecular complexity index is 2480. The van der Waals surface area contributed by atoms with Crippen molar-refractivity contribution in [1.82, 2.24) is 42.1 Å². The van der Waals surface area contributed by atoms with Crippen LogP contribution >= 0.6 is 0 Å². The Labute approximate surface area is 554 Å². The summed E-state index contributed by atoms with van der Waals surface area (Å²) in [6.07, 6.45) is 2.80. The maximum Gasteiger partial charge on any atom is 0.407 e. The number of carbonyl (C=O) groups is 11. The lowest BCUT2D eigenvalue weighted by atomic mass is 9.96. The maximum atomic E-state index is 13.3. The van der Waals surface area contributed by atoms with E-state index < -0.39 is 103 Å². The van der Waals surface area contributed by atoms with Crippen LogP contribution in [0.3, 0.4) is 0 Å². The number of benzene rings is 1. The maximum absolute atomic E-state index is 13.3. The summed E-state index contributed by atoms with van der Waals surface area (Å²) in [5.41, 5.74) is -0.313. The fourth-order valence-corrected chi connectivity index (χ4v) is 8.22. The molecule has 538 valence electrons. The van der Waals surface area contributed by atoms with Crippen molar-refractivity contribution in [3.8, 4) is 5.75 Å². The number of carboxylic acid groups (broad SMARTS) is 1. The first-order valence-electron chi connectivity index (χ1n) is 31.8. The highest BCUT2D eigenvalue weighted by molar-refractivity contribution is 6.12. The van der Waals surface area contributed by atoms with Crippen LogP contribution in [0.4, 0.5) is 10.5 Å². The van der Waals surface area contributed by atoms with E-state index in [1.807, 2.05) is 0 Å². The van der Waals surface area contributed by atoms with Crippen LogP contribution < -0.4 is 42.5 Å². The number of ether oxygens (including phenoxy) is 11. The summed E-state index contributed by atoms with van der Waals surface area (Å²) >= 11 is 0. The van der Waals surface area contributed by atoms with E-state index in [2.05, 4.69) is 42.5 Å². The van der Waals surface area contributed by atoms with Gasteiger partial charge in [0.1, 0.15) is 24.0 Å². The lowest BCUT2D eigenvalue weighted by Gasteiger charge is -2.25. The van der Waals surface area contributed by atoms with Crippen molar-refractivity contribution in [3.63, 3.8) is 0 Å². The van der Waals surface area contributed by atoms with Gasteiger partial charge in [0.2, 0.25) is 41.4 Å². The Balaban J connectivity index is 1.61. The third-order valence-electron chi connectivity index (χ3n) is 13.0. The Morgan fingerprint density at radius 3 is 1.52 bits per heavy atom. The SMILES string of the molecule is COCCOCCOCCOCCOCCOCCOCCOCCOCCOCC(=O)NCCCC[C@H](NC(=O)CCCN1C(=O)C=CC1=O)C(=O)NCCCC(=O)NCC(=O)NCC(=O)NCC(=O)Nc1cc(C[C@@H](C[C@H](C)C(=O)O)NC(=O)OC(C)(C)C)ccc1O. The van der Waals surface area contributed by atoms with Crippen LogP contribution in [-0.4, -0.2) is 270 Å². The lowest BCUT2D eigenvalue weighted by Crippen LogP contribution is -2.47. The quantitative estimate of drug-likeness (QED) is 0.0221. The number of carbonyl (C=O) groups excluding carboxylic acids is 10. The van der Waals surface area contributed by atoms with Crippen LogP contribution in [0.2, 0.25) is 0 Å². The molecule has 10 N–H and O–H groups in total. The van der Waals surface area contributed by atoms with Gasteiger partial charge in [-0.25, -0.2) is 4.79 Å². The van der Waals surface area contributed by atoms with Gasteiger partial charge in [0.05, 0.1) is 150 Å². The number of imide groups is 1. The number of phenols is 1. The first-order chi connectivity index (χ1) is 45.6. The second-order valence-electron chi connectivity index (χ2n) is 22.3. The summed E-state index contributed by atoms with van der Waals surface area (Å²) in [5.74, 6) is -7.34. The number of aliphatic carboxylic acids is 1. The van der Waals surface area contributed by atoms with E-state index in [0.29, 0.717) is 124 Å². The van der Waals surface area contributed by atoms with E-state index in [0.717, 1.165) is 17.1 Å². The molecule has 1 aromatic carbocycles. The molecule has 2 rings (SSSR count). The predicted molar refractivity (Wildman–Crippen MR) is 339 cm³/mol. The van der Waals surface area contributed by atoms with Gasteiger partial charge in [-0.2, -0.15) is 0 Å². The Hall–Kier alpha value is -7.47. The molecule has 10 amide bonds. The van der Waals surface area contributed by atoms with Crippen LogP contribution in [0.1, 0.15) is 84.6 Å². The molecule has 0 bridgehead atoms. The zero-order valence-corrected chi connectivity index (χ0v) is 55.5. The van der Waals surface area contributed by atoms with Crippen molar-refractivity contribution in [2.75, 3.05) is 177 Å². The molecule has 33 nitrogen and oxygen atoms in total. The normalized spacial score (nSPS) is 13.0. The highest BCUT2D eigenvalue weighted by Gasteiger charge is 2.26. The van der Waals surface area contributed by atoms with E-state index >= 15 is 0 Å². The van der Waals surface area contributed by atoms with Crippen LogP contribution in [0.25, 0.3) is 0 Å². The molecule has 0 spiro atoms. The molecule has 0 unspecified atom stereocenters. The zero-order chi connectivity index (χ0) is 69.9. The number of carboxylic acids is 1. The van der Waals surface area contributed by atoms with Crippen molar-refractivity contribution >= 4 is 70.9 Å². The molecular weight excluding hydrogens is 1250 g/mol. The number of rotatable bonds is 57. The van der Waals surface area contributed by atoms with Gasteiger partial charge in [-0.05, 0) is 83.4 Å². The number of phenolic OH excluding ortho intramolecular Hbond substituents is 1. The largest absolute Gasteiger partial charge is 0.506 e. The number of hydrogen-bond donors (Lipinski definition) is 10. The zero-order valence-electron chi connectivity index (χ0n) is 55.5. The van der Waals surface area contributed by atoms with Gasteiger partial charge in [0.25, 0.3) is 11.8 Å². The molecule has 0 saturated carbocycles. The number of alkyl carbamates (subject to hydrolysis) is 1. The summed E-state index contributed by atoms with van der Waals surface area (Å²) in [6, 6.07) is 2.57. The minimum Gasteiger partial charge on any atom is -0.506 e. The van der Waals surface area contributed by atoms with Gasteiger partial charge in [0.15, 0.2) is 0 Å². The highest BCUT2D eigenvalue weighted by atomic mass is 16.6. The molecule has 1 heterocycles. The van der Waals surface area contributed by atoms with E-state index in [1.54, 1.807) is 27.9 Å². The summed E-state index contributed by atoms with van der Waals surface area (Å²) in [6.45, 7) is 12.6. The molecule has 1 aromatic rings. The van der Waals surface area contributed by atoms with Crippen molar-refractivity contribution < 1.29 is 115 Å². The Morgan fingerprint density at radius 2 is 1.01 bits per heavy atom. The van der Waals surface area contributed by atoms with Crippen LogP contribution in [0, 0.1) is 5.92 Å². The standard InChI is InChI=1S/C62H101N9O24/c1-45(60(82)83)38-47(68-61(84)95-62(2,3)4)39-46-13-14-50(72)49(40-46)70-55(77)43-67-54(76)42-66-53(75)41-65-51(73)11-8-18-64-59(81)48(69-52(74)12-9-19-71-57(79)15-16-58(71)80)10-6-7-17-63-56(78)44-94-37-36-93-35-34-92-33-32-91-31-30-90-29-28-89-27-26-88-25-24-87-23-22-86-21-20-85-5/h13-16,40,45,47-48,72H,6-12,17-39,41-44H2,1-5H3,(H,63,78)(H,64,81)(H,65,73)(H,66,75)(H,67,76)(H,68,84)(H,69,74)(H,70,77)(H,82,83)/t45-,47+,48-/m0/s1. The van der Waals surface area contributed by atoms with Crippen molar-refractivity contribution in [2.45, 2.75) is 103 Å². The monoisotopic (exact) mass is 1360 g/mol. The van der Waals surface area contributed by atoms with Gasteiger partial charge in [-0.3, -0.25) is 52.8 Å². The number of methoxy groups -OCH3 is 1. The van der Waals surface area contributed by atoms with E-state index in [-0.39, 0.29) is 102 Å². The second kappa shape index (κ2) is 51.8. The van der Waals surface area contributed by atoms with Gasteiger partial charge < -0.3 is 105 Å². The molecule has 3 atom stereocenters. The van der Waals surface area contributed by atoms with Crippen molar-refractivity contribution in [2.24, 2.45) is 5.92 Å². The van der Waals surface area contributed by atoms with Gasteiger partial charge in [-0.1, -0.05) is 13.0 Å². The van der Waals surface area contributed by atoms with Gasteiger partial charge in [-0.15, -0.1) is 0 Å². The van der Waals surface area contributed by atoms with Crippen LogP contribution in [0.15, 0.2) is 30.4 Å². The summed E-state index contributed by atoms with van der Waals surface area (Å²) in [4.78, 5) is 138. The Kier molecular flexibility index (Phi) is 45.6. The number of unbranched alkanes of at least 4 members (excludes halogenated alkanes) is 1. The predicted octanol–water partition coefficient (Wildman–Crippen LogP) is -0.605. The molecule has 0 radical (unpaired) electrons. The number of amides is 10. The van der Waals surface area contributed by atoms with E-state index in [4.69, 9.17) is 52.1 Å².